The lowest BCUT2D eigenvalue weighted by Gasteiger charge is -2.08. The number of alkyl halides is 3. The third kappa shape index (κ3) is 4.91. The van der Waals surface area contributed by atoms with Crippen LogP contribution in [-0.4, -0.2) is 37.4 Å². The second-order valence-electron chi connectivity index (χ2n) is 6.40. The molecule has 168 valence electrons. The number of carbonyl (C=O) groups excluding carboxylic acids is 1. The van der Waals surface area contributed by atoms with Crippen LogP contribution >= 0.6 is 11.8 Å². The molecule has 10 heteroatoms. The maximum absolute atomic E-state index is 12.8. The van der Waals surface area contributed by atoms with Crippen LogP contribution < -0.4 is 9.47 Å². The highest BCUT2D eigenvalue weighted by atomic mass is 32.2. The Bertz CT molecular complexity index is 1120. The van der Waals surface area contributed by atoms with Gasteiger partial charge in [-0.05, 0) is 48.5 Å². The van der Waals surface area contributed by atoms with Gasteiger partial charge in [0.1, 0.15) is 27.9 Å². The highest BCUT2D eigenvalue weighted by Crippen LogP contribution is 2.41. The predicted molar refractivity (Wildman–Crippen MR) is 115 cm³/mol. The van der Waals surface area contributed by atoms with E-state index in [1.807, 2.05) is 0 Å². The number of thioether (sulfide) groups is 1. The van der Waals surface area contributed by atoms with E-state index in [1.165, 1.54) is 26.4 Å². The summed E-state index contributed by atoms with van der Waals surface area (Å²) < 4.78 is 53.7. The Hall–Kier alpha value is -3.40. The van der Waals surface area contributed by atoms with Gasteiger partial charge in [-0.1, -0.05) is 11.8 Å². The van der Waals surface area contributed by atoms with E-state index in [4.69, 9.17) is 14.2 Å². The van der Waals surface area contributed by atoms with E-state index in [2.05, 4.69) is 4.99 Å². The van der Waals surface area contributed by atoms with Gasteiger partial charge in [-0.3, -0.25) is 0 Å². The minimum Gasteiger partial charge on any atom is -0.506 e. The molecule has 0 atom stereocenters. The molecule has 1 N–H and O–H groups in total. The smallest absolute Gasteiger partial charge is 0.416 e. The number of methoxy groups -OCH3 is 3. The SMILES string of the molecule is COC(=O)C1=C(O)C(=Cc2cc(OC)ccc2OC)SC1=Nc1ccc(C(F)(F)F)cc1. The number of hydrogen-bond donors (Lipinski definition) is 1. The molecule has 0 aliphatic carbocycles. The molecule has 3 rings (SSSR count). The van der Waals surface area contributed by atoms with Crippen LogP contribution in [0.5, 0.6) is 11.5 Å². The molecule has 2 aromatic rings. The molecule has 2 aromatic carbocycles. The lowest BCUT2D eigenvalue weighted by molar-refractivity contribution is -0.137. The first kappa shape index (κ1) is 23.3. The van der Waals surface area contributed by atoms with Gasteiger partial charge < -0.3 is 19.3 Å². The number of aliphatic hydroxyl groups excluding tert-OH is 1. The molecule has 0 aromatic heterocycles. The molecular weight excluding hydrogens is 447 g/mol. The van der Waals surface area contributed by atoms with Crippen LogP contribution in [0, 0.1) is 0 Å². The monoisotopic (exact) mass is 465 g/mol. The molecule has 1 heterocycles. The molecule has 1 aliphatic heterocycles. The van der Waals surface area contributed by atoms with Gasteiger partial charge in [0.2, 0.25) is 0 Å². The third-order valence-electron chi connectivity index (χ3n) is 4.43. The molecule has 0 fully saturated rings. The van der Waals surface area contributed by atoms with E-state index in [-0.39, 0.29) is 27.0 Å². The van der Waals surface area contributed by atoms with E-state index in [0.717, 1.165) is 31.0 Å². The van der Waals surface area contributed by atoms with Crippen LogP contribution in [0.1, 0.15) is 11.1 Å². The maximum Gasteiger partial charge on any atom is 0.416 e. The van der Waals surface area contributed by atoms with Crippen molar-refractivity contribution >= 4 is 34.5 Å². The molecule has 0 bridgehead atoms. The lowest BCUT2D eigenvalue weighted by atomic mass is 10.1. The molecule has 1 aliphatic rings. The number of nitrogens with zero attached hydrogens (tertiary/aromatic N) is 1. The summed E-state index contributed by atoms with van der Waals surface area (Å²) in [5.74, 6) is -0.144. The van der Waals surface area contributed by atoms with Gasteiger partial charge in [-0.25, -0.2) is 9.79 Å². The minimum atomic E-state index is -4.48. The van der Waals surface area contributed by atoms with Crippen molar-refractivity contribution in [1.29, 1.82) is 0 Å². The first-order chi connectivity index (χ1) is 15.2. The summed E-state index contributed by atoms with van der Waals surface area (Å²) in [5, 5.41) is 10.8. The molecule has 0 amide bonds. The fourth-order valence-electron chi connectivity index (χ4n) is 2.83. The molecule has 0 saturated carbocycles. The summed E-state index contributed by atoms with van der Waals surface area (Å²) in [6.07, 6.45) is -2.89. The van der Waals surface area contributed by atoms with Gasteiger partial charge in [-0.2, -0.15) is 13.2 Å². The van der Waals surface area contributed by atoms with Gasteiger partial charge in [0.15, 0.2) is 0 Å². The number of halogens is 3. The number of hydrogen-bond acceptors (Lipinski definition) is 7. The summed E-state index contributed by atoms with van der Waals surface area (Å²) in [5.41, 5.74) is -0.265. The maximum atomic E-state index is 12.8. The number of esters is 1. The second-order valence-corrected chi connectivity index (χ2v) is 7.43. The van der Waals surface area contributed by atoms with E-state index >= 15 is 0 Å². The molecule has 0 unspecified atom stereocenters. The Labute approximate surface area is 186 Å². The van der Waals surface area contributed by atoms with Gasteiger partial charge in [-0.15, -0.1) is 0 Å². The zero-order valence-corrected chi connectivity index (χ0v) is 18.0. The van der Waals surface area contributed by atoms with Gasteiger partial charge in [0.05, 0.1) is 37.5 Å². The summed E-state index contributed by atoms with van der Waals surface area (Å²) >= 11 is 0.970. The number of aliphatic imine (C=N–C) groups is 1. The van der Waals surface area contributed by atoms with Crippen LogP contribution in [0.15, 0.2) is 63.7 Å². The highest BCUT2D eigenvalue weighted by Gasteiger charge is 2.33. The second kappa shape index (κ2) is 9.39. The number of rotatable bonds is 5. The van der Waals surface area contributed by atoms with Crippen molar-refractivity contribution in [3.63, 3.8) is 0 Å². The van der Waals surface area contributed by atoms with Crippen LogP contribution in [0.2, 0.25) is 0 Å². The topological polar surface area (TPSA) is 77.4 Å². The van der Waals surface area contributed by atoms with Gasteiger partial charge >= 0.3 is 12.1 Å². The van der Waals surface area contributed by atoms with Crippen molar-refractivity contribution in [2.45, 2.75) is 6.18 Å². The normalized spacial score (nSPS) is 16.6. The predicted octanol–water partition coefficient (Wildman–Crippen LogP) is 5.53. The Morgan fingerprint density at radius 2 is 1.75 bits per heavy atom. The van der Waals surface area contributed by atoms with Crippen LogP contribution in [0.4, 0.5) is 18.9 Å². The van der Waals surface area contributed by atoms with Crippen molar-refractivity contribution in [2.75, 3.05) is 21.3 Å². The van der Waals surface area contributed by atoms with E-state index < -0.39 is 17.7 Å². The summed E-state index contributed by atoms with van der Waals surface area (Å²) in [6, 6.07) is 9.20. The van der Waals surface area contributed by atoms with Crippen molar-refractivity contribution in [3.05, 3.63) is 69.8 Å². The minimum absolute atomic E-state index is 0.0854. The van der Waals surface area contributed by atoms with Crippen LogP contribution in [0.3, 0.4) is 0 Å². The summed E-state index contributed by atoms with van der Waals surface area (Å²) in [6.45, 7) is 0. The first-order valence-corrected chi connectivity index (χ1v) is 9.89. The highest BCUT2D eigenvalue weighted by molar-refractivity contribution is 8.18. The Kier molecular flexibility index (Phi) is 6.83. The number of carbonyl (C=O) groups is 1. The first-order valence-electron chi connectivity index (χ1n) is 9.07. The molecule has 6 nitrogen and oxygen atoms in total. The molecule has 0 spiro atoms. The van der Waals surface area contributed by atoms with Crippen LogP contribution in [-0.2, 0) is 15.7 Å². The molecule has 0 saturated heterocycles. The number of ether oxygens (including phenoxy) is 3. The fourth-order valence-corrected chi connectivity index (χ4v) is 3.85. The van der Waals surface area contributed by atoms with Crippen molar-refractivity contribution in [1.82, 2.24) is 0 Å². The quantitative estimate of drug-likeness (QED) is 0.586. The fraction of sp³-hybridized carbons (Fsp3) is 0.182. The Morgan fingerprint density at radius 1 is 1.06 bits per heavy atom. The number of benzene rings is 2. The van der Waals surface area contributed by atoms with E-state index in [1.54, 1.807) is 24.3 Å². The Balaban J connectivity index is 2.04. The third-order valence-corrected chi connectivity index (χ3v) is 5.45. The van der Waals surface area contributed by atoms with E-state index in [9.17, 15) is 23.1 Å². The van der Waals surface area contributed by atoms with Gasteiger partial charge in [0, 0.05) is 5.56 Å². The van der Waals surface area contributed by atoms with Crippen LogP contribution in [0.25, 0.3) is 6.08 Å². The largest absolute Gasteiger partial charge is 0.506 e. The molecule has 32 heavy (non-hydrogen) atoms. The molecular formula is C22H18F3NO5S. The Morgan fingerprint density at radius 3 is 2.31 bits per heavy atom. The zero-order valence-electron chi connectivity index (χ0n) is 17.2. The standard InChI is InChI=1S/C22H18F3NO5S/c1-29-15-8-9-16(30-2)12(10-15)11-17-19(27)18(21(28)31-3)20(32-17)26-14-6-4-13(5-7-14)22(23,24)25/h4-11,27H,1-3H3. The number of aliphatic hydroxyl groups is 1. The average Bonchev–Trinajstić information content (AvgIpc) is 3.07. The van der Waals surface area contributed by atoms with Crippen molar-refractivity contribution in [3.8, 4) is 11.5 Å². The molecule has 0 radical (unpaired) electrons. The van der Waals surface area contributed by atoms with Crippen molar-refractivity contribution in [2.24, 2.45) is 4.99 Å². The lowest BCUT2D eigenvalue weighted by Crippen LogP contribution is -2.10. The summed E-state index contributed by atoms with van der Waals surface area (Å²) in [7, 11) is 4.14. The van der Waals surface area contributed by atoms with E-state index in [0.29, 0.717) is 17.1 Å². The summed E-state index contributed by atoms with van der Waals surface area (Å²) in [4.78, 5) is 16.8. The van der Waals surface area contributed by atoms with Gasteiger partial charge in [0.25, 0.3) is 0 Å². The van der Waals surface area contributed by atoms with Crippen molar-refractivity contribution < 1.29 is 37.3 Å². The average molecular weight is 465 g/mol. The zero-order chi connectivity index (χ0) is 23.5.